The van der Waals surface area contributed by atoms with E-state index in [2.05, 4.69) is 14.8 Å². The lowest BCUT2D eigenvalue weighted by atomic mass is 10.0. The highest BCUT2D eigenvalue weighted by molar-refractivity contribution is 5.75. The minimum Gasteiger partial charge on any atom is -0.478 e. The van der Waals surface area contributed by atoms with Crippen LogP contribution in [0.1, 0.15) is 25.5 Å². The van der Waals surface area contributed by atoms with Crippen LogP contribution in [0.15, 0.2) is 42.9 Å². The Hall–Kier alpha value is -3.81. The van der Waals surface area contributed by atoms with Gasteiger partial charge in [-0.1, -0.05) is 18.2 Å². The van der Waals surface area contributed by atoms with Crippen LogP contribution in [0, 0.1) is 6.57 Å². The van der Waals surface area contributed by atoms with Crippen molar-refractivity contribution >= 4 is 11.7 Å². The Labute approximate surface area is 188 Å². The van der Waals surface area contributed by atoms with Crippen molar-refractivity contribution in [3.05, 3.63) is 59.8 Å². The molecule has 2 atom stereocenters. The van der Waals surface area contributed by atoms with Gasteiger partial charge in [0.2, 0.25) is 6.54 Å². The lowest BCUT2D eigenvalue weighted by Gasteiger charge is -2.30. The molecule has 0 saturated carbocycles. The normalized spacial score (nSPS) is 13.2. The molecule has 1 unspecified atom stereocenters. The molecular weight excluding hydrogens is 437 g/mol. The number of amides is 2. The Morgan fingerprint density at radius 1 is 1.39 bits per heavy atom. The van der Waals surface area contributed by atoms with E-state index < -0.39 is 30.8 Å². The maximum absolute atomic E-state index is 13.1. The van der Waals surface area contributed by atoms with E-state index in [1.54, 1.807) is 49.0 Å². The Morgan fingerprint density at radius 3 is 2.79 bits per heavy atom. The molecule has 2 amide bonds. The summed E-state index contributed by atoms with van der Waals surface area (Å²) in [6, 6.07) is 3.59. The van der Waals surface area contributed by atoms with Crippen LogP contribution < -0.4 is 10.1 Å². The van der Waals surface area contributed by atoms with Crippen molar-refractivity contribution < 1.29 is 22.7 Å². The summed E-state index contributed by atoms with van der Waals surface area (Å²) >= 11 is 0. The summed E-state index contributed by atoms with van der Waals surface area (Å²) < 4.78 is 46.6. The van der Waals surface area contributed by atoms with Gasteiger partial charge in [-0.15, -0.1) is 0 Å². The standard InChI is InChI=1S/C22H23F3N6O2/c1-5-31(21(32)29-18(12-26-3)22(23,24)25)14(2)15-7-6-8-16(11-15)17-13-30-10-9-27-19(30)20(28-17)33-4/h6-11,13-14,18H,5,12H2,1-2,4H3,(H,29,32)/t14-,18?/m1/s1. The van der Waals surface area contributed by atoms with Gasteiger partial charge in [-0.2, -0.15) is 13.2 Å². The minimum absolute atomic E-state index is 0.174. The number of halogens is 3. The third-order valence-electron chi connectivity index (χ3n) is 5.24. The zero-order valence-electron chi connectivity index (χ0n) is 18.3. The first kappa shape index (κ1) is 23.8. The van der Waals surface area contributed by atoms with Gasteiger partial charge in [0.25, 0.3) is 5.88 Å². The first-order valence-corrected chi connectivity index (χ1v) is 10.1. The molecule has 0 fully saturated rings. The average Bonchev–Trinajstić information content (AvgIpc) is 3.27. The fourth-order valence-electron chi connectivity index (χ4n) is 3.46. The van der Waals surface area contributed by atoms with E-state index in [-0.39, 0.29) is 6.54 Å². The number of hydrogen-bond acceptors (Lipinski definition) is 4. The van der Waals surface area contributed by atoms with Crippen molar-refractivity contribution in [3.63, 3.8) is 0 Å². The van der Waals surface area contributed by atoms with Crippen LogP contribution in [0.25, 0.3) is 21.7 Å². The number of imidazole rings is 1. The van der Waals surface area contributed by atoms with Crippen LogP contribution in [0.3, 0.4) is 0 Å². The highest BCUT2D eigenvalue weighted by Crippen LogP contribution is 2.28. The van der Waals surface area contributed by atoms with Crippen molar-refractivity contribution in [3.8, 4) is 17.1 Å². The summed E-state index contributed by atoms with van der Waals surface area (Å²) in [5.74, 6) is 0.350. The summed E-state index contributed by atoms with van der Waals surface area (Å²) in [4.78, 5) is 25.4. The monoisotopic (exact) mass is 460 g/mol. The van der Waals surface area contributed by atoms with E-state index in [4.69, 9.17) is 11.3 Å². The summed E-state index contributed by atoms with van der Waals surface area (Å²) in [6.07, 6.45) is 0.470. The van der Waals surface area contributed by atoms with E-state index in [0.717, 1.165) is 5.56 Å². The van der Waals surface area contributed by atoms with Gasteiger partial charge in [0.15, 0.2) is 11.7 Å². The van der Waals surface area contributed by atoms with Gasteiger partial charge in [0.1, 0.15) is 0 Å². The molecule has 1 N–H and O–H groups in total. The van der Waals surface area contributed by atoms with Crippen LogP contribution in [0.4, 0.5) is 18.0 Å². The summed E-state index contributed by atoms with van der Waals surface area (Å²) in [6.45, 7) is 9.45. The van der Waals surface area contributed by atoms with Crippen molar-refractivity contribution in [2.45, 2.75) is 32.1 Å². The maximum atomic E-state index is 13.1. The third kappa shape index (κ3) is 5.16. The molecule has 0 saturated heterocycles. The quantitative estimate of drug-likeness (QED) is 0.532. The number of benzene rings is 1. The Morgan fingerprint density at radius 2 is 2.15 bits per heavy atom. The Bertz CT molecular complexity index is 1170. The molecule has 3 rings (SSSR count). The minimum atomic E-state index is -4.71. The molecule has 0 aliphatic carbocycles. The largest absolute Gasteiger partial charge is 0.478 e. The fourth-order valence-corrected chi connectivity index (χ4v) is 3.46. The van der Waals surface area contributed by atoms with E-state index in [0.29, 0.717) is 22.8 Å². The van der Waals surface area contributed by atoms with Crippen LogP contribution in [-0.4, -0.2) is 57.7 Å². The number of fused-ring (bicyclic) bond motifs is 1. The van der Waals surface area contributed by atoms with Crippen LogP contribution in [0.5, 0.6) is 5.88 Å². The zero-order chi connectivity index (χ0) is 24.2. The number of hydrogen-bond donors (Lipinski definition) is 1. The predicted octanol–water partition coefficient (Wildman–Crippen LogP) is 4.35. The van der Waals surface area contributed by atoms with Gasteiger partial charge in [-0.05, 0) is 25.5 Å². The molecule has 11 heteroatoms. The number of alkyl halides is 3. The number of rotatable bonds is 7. The number of aromatic nitrogens is 3. The highest BCUT2D eigenvalue weighted by Gasteiger charge is 2.44. The van der Waals surface area contributed by atoms with Gasteiger partial charge < -0.3 is 24.2 Å². The molecular formula is C22H23F3N6O2. The summed E-state index contributed by atoms with van der Waals surface area (Å²) in [7, 11) is 1.50. The lowest BCUT2D eigenvalue weighted by molar-refractivity contribution is -0.149. The van der Waals surface area contributed by atoms with Gasteiger partial charge >= 0.3 is 12.2 Å². The first-order valence-electron chi connectivity index (χ1n) is 10.1. The smallest absolute Gasteiger partial charge is 0.416 e. The second-order valence-electron chi connectivity index (χ2n) is 7.27. The molecule has 2 aromatic heterocycles. The molecule has 0 aliphatic rings. The van der Waals surface area contributed by atoms with E-state index >= 15 is 0 Å². The fraction of sp³-hybridized carbons (Fsp3) is 0.364. The molecule has 0 radical (unpaired) electrons. The number of urea groups is 1. The zero-order valence-corrected chi connectivity index (χ0v) is 18.3. The summed E-state index contributed by atoms with van der Waals surface area (Å²) in [5.41, 5.74) is 2.63. The third-order valence-corrected chi connectivity index (χ3v) is 5.24. The molecule has 2 heterocycles. The van der Waals surface area contributed by atoms with Crippen LogP contribution >= 0.6 is 0 Å². The predicted molar refractivity (Wildman–Crippen MR) is 116 cm³/mol. The topological polar surface area (TPSA) is 76.1 Å². The number of nitrogens with zero attached hydrogens (tertiary/aromatic N) is 5. The van der Waals surface area contributed by atoms with E-state index in [9.17, 15) is 18.0 Å². The number of nitrogens with one attached hydrogen (secondary N) is 1. The van der Waals surface area contributed by atoms with E-state index in [1.807, 2.05) is 17.4 Å². The van der Waals surface area contributed by atoms with E-state index in [1.165, 1.54) is 12.0 Å². The Kier molecular flexibility index (Phi) is 7.06. The number of carbonyl (C=O) groups is 1. The lowest BCUT2D eigenvalue weighted by Crippen LogP contribution is -2.52. The van der Waals surface area contributed by atoms with Crippen LogP contribution in [-0.2, 0) is 0 Å². The molecule has 3 aromatic rings. The Balaban J connectivity index is 1.88. The number of ether oxygens (including phenoxy) is 1. The first-order chi connectivity index (χ1) is 15.7. The van der Waals surface area contributed by atoms with Crippen molar-refractivity contribution in [2.24, 2.45) is 0 Å². The highest BCUT2D eigenvalue weighted by atomic mass is 19.4. The van der Waals surface area contributed by atoms with Crippen molar-refractivity contribution in [1.82, 2.24) is 24.6 Å². The van der Waals surface area contributed by atoms with Crippen molar-refractivity contribution in [1.29, 1.82) is 0 Å². The van der Waals surface area contributed by atoms with Gasteiger partial charge in [0, 0.05) is 30.7 Å². The molecule has 0 bridgehead atoms. The average molecular weight is 460 g/mol. The molecule has 1 aromatic carbocycles. The van der Waals surface area contributed by atoms with Gasteiger partial charge in [-0.25, -0.2) is 21.3 Å². The molecule has 33 heavy (non-hydrogen) atoms. The van der Waals surface area contributed by atoms with Gasteiger partial charge in [0.05, 0.1) is 18.8 Å². The van der Waals surface area contributed by atoms with Crippen LogP contribution in [0.2, 0.25) is 0 Å². The molecule has 0 spiro atoms. The number of methoxy groups -OCH3 is 1. The maximum Gasteiger partial charge on any atom is 0.416 e. The van der Waals surface area contributed by atoms with Crippen molar-refractivity contribution in [2.75, 3.05) is 20.2 Å². The molecule has 174 valence electrons. The number of carbonyl (C=O) groups excluding carboxylic acids is 1. The second kappa shape index (κ2) is 9.77. The summed E-state index contributed by atoms with van der Waals surface area (Å²) in [5, 5.41) is 1.95. The molecule has 8 nitrogen and oxygen atoms in total. The van der Waals surface area contributed by atoms with Gasteiger partial charge in [-0.3, -0.25) is 0 Å². The second-order valence-corrected chi connectivity index (χ2v) is 7.27. The SMILES string of the molecule is [C-]#[N+]CC(NC(=O)N(CC)[C@H](C)c1cccc(-c2cn3ccnc3c(OC)n2)c1)C(F)(F)F. The molecule has 0 aliphatic heterocycles.